The number of hydrogen-bond acceptors (Lipinski definition) is 4. The van der Waals surface area contributed by atoms with Gasteiger partial charge in [-0.25, -0.2) is 4.79 Å². The van der Waals surface area contributed by atoms with E-state index in [4.69, 9.17) is 9.15 Å². The number of benzene rings is 2. The van der Waals surface area contributed by atoms with Crippen LogP contribution in [0.25, 0.3) is 0 Å². The average molecular weight is 450 g/mol. The minimum absolute atomic E-state index is 0.0617. The SMILES string of the molecule is CCOc1ccccc1NC(=O)N(CC(=O)N(Cc1ccccc1)Cc1ccco1)C(C)C. The molecule has 0 atom stereocenters. The van der Waals surface area contributed by atoms with Gasteiger partial charge in [0, 0.05) is 12.6 Å². The maximum absolute atomic E-state index is 13.4. The van der Waals surface area contributed by atoms with E-state index in [0.717, 1.165) is 5.56 Å². The summed E-state index contributed by atoms with van der Waals surface area (Å²) >= 11 is 0. The molecule has 7 nitrogen and oxygen atoms in total. The summed E-state index contributed by atoms with van der Waals surface area (Å²) < 4.78 is 11.1. The third-order valence-electron chi connectivity index (χ3n) is 5.11. The molecule has 0 unspecified atom stereocenters. The second kappa shape index (κ2) is 11.8. The third kappa shape index (κ3) is 6.87. The van der Waals surface area contributed by atoms with Crippen molar-refractivity contribution in [3.63, 3.8) is 0 Å². The van der Waals surface area contributed by atoms with Crippen molar-refractivity contribution >= 4 is 17.6 Å². The van der Waals surface area contributed by atoms with E-state index in [-0.39, 0.29) is 24.5 Å². The number of carbonyl (C=O) groups excluding carboxylic acids is 2. The molecule has 1 N–H and O–H groups in total. The fraction of sp³-hybridized carbons (Fsp3) is 0.308. The molecule has 174 valence electrons. The Balaban J connectivity index is 1.75. The zero-order chi connectivity index (χ0) is 23.6. The fourth-order valence-corrected chi connectivity index (χ4v) is 3.40. The summed E-state index contributed by atoms with van der Waals surface area (Å²) in [4.78, 5) is 29.7. The van der Waals surface area contributed by atoms with Crippen LogP contribution in [-0.4, -0.2) is 40.9 Å². The van der Waals surface area contributed by atoms with Crippen molar-refractivity contribution in [3.8, 4) is 5.75 Å². The summed E-state index contributed by atoms with van der Waals surface area (Å²) in [5.41, 5.74) is 1.57. The van der Waals surface area contributed by atoms with Crippen LogP contribution in [0, 0.1) is 0 Å². The summed E-state index contributed by atoms with van der Waals surface area (Å²) in [6, 6.07) is 20.1. The molecule has 0 aliphatic heterocycles. The van der Waals surface area contributed by atoms with Crippen LogP contribution in [0.15, 0.2) is 77.4 Å². The monoisotopic (exact) mass is 449 g/mol. The minimum atomic E-state index is -0.358. The Kier molecular flexibility index (Phi) is 8.52. The van der Waals surface area contributed by atoms with E-state index in [1.54, 1.807) is 29.4 Å². The summed E-state index contributed by atoms with van der Waals surface area (Å²) in [6.07, 6.45) is 1.59. The second-order valence-electron chi connectivity index (χ2n) is 7.90. The van der Waals surface area contributed by atoms with Crippen LogP contribution in [-0.2, 0) is 17.9 Å². The molecule has 7 heteroatoms. The zero-order valence-corrected chi connectivity index (χ0v) is 19.4. The topological polar surface area (TPSA) is 75.0 Å². The highest BCUT2D eigenvalue weighted by atomic mass is 16.5. The van der Waals surface area contributed by atoms with Gasteiger partial charge in [-0.05, 0) is 50.6 Å². The molecule has 1 heterocycles. The molecule has 33 heavy (non-hydrogen) atoms. The first-order valence-corrected chi connectivity index (χ1v) is 11.1. The third-order valence-corrected chi connectivity index (χ3v) is 5.11. The van der Waals surface area contributed by atoms with E-state index >= 15 is 0 Å². The minimum Gasteiger partial charge on any atom is -0.492 e. The Hall–Kier alpha value is -3.74. The van der Waals surface area contributed by atoms with Crippen molar-refractivity contribution < 1.29 is 18.7 Å². The molecule has 0 bridgehead atoms. The first-order valence-electron chi connectivity index (χ1n) is 11.1. The van der Waals surface area contributed by atoms with Crippen molar-refractivity contribution in [1.29, 1.82) is 0 Å². The molecule has 3 rings (SSSR count). The number of rotatable bonds is 10. The molecule has 3 amide bonds. The van der Waals surface area contributed by atoms with Gasteiger partial charge in [-0.3, -0.25) is 4.79 Å². The largest absolute Gasteiger partial charge is 0.492 e. The molecule has 3 aromatic rings. The van der Waals surface area contributed by atoms with Crippen LogP contribution in [0.2, 0.25) is 0 Å². The summed E-state index contributed by atoms with van der Waals surface area (Å²) in [6.45, 7) is 6.82. The lowest BCUT2D eigenvalue weighted by atomic mass is 10.2. The van der Waals surface area contributed by atoms with Gasteiger partial charge in [0.05, 0.1) is 25.1 Å². The second-order valence-corrected chi connectivity index (χ2v) is 7.90. The lowest BCUT2D eigenvalue weighted by molar-refractivity contribution is -0.133. The molecule has 0 aliphatic carbocycles. The highest BCUT2D eigenvalue weighted by molar-refractivity contribution is 5.93. The van der Waals surface area contributed by atoms with Crippen molar-refractivity contribution in [2.75, 3.05) is 18.5 Å². The van der Waals surface area contributed by atoms with Gasteiger partial charge in [0.15, 0.2) is 0 Å². The maximum atomic E-state index is 13.4. The number of nitrogens with one attached hydrogen (secondary N) is 1. The molecule has 0 aliphatic rings. The summed E-state index contributed by atoms with van der Waals surface area (Å²) in [7, 11) is 0. The van der Waals surface area contributed by atoms with Crippen molar-refractivity contribution in [2.24, 2.45) is 0 Å². The number of carbonyl (C=O) groups is 2. The molecule has 2 aromatic carbocycles. The number of ether oxygens (including phenoxy) is 1. The number of anilines is 1. The van der Waals surface area contributed by atoms with Crippen LogP contribution in [0.4, 0.5) is 10.5 Å². The standard InChI is InChI=1S/C26H31N3O4/c1-4-32-24-15-9-8-14-23(24)27-26(31)29(20(2)3)19-25(30)28(18-22-13-10-16-33-22)17-21-11-6-5-7-12-21/h5-16,20H,4,17-19H2,1-3H3,(H,27,31). The number of para-hydroxylation sites is 2. The number of furan rings is 1. The molecular formula is C26H31N3O4. The Labute approximate surface area is 194 Å². The first-order chi connectivity index (χ1) is 16.0. The molecule has 0 spiro atoms. The van der Waals surface area contributed by atoms with E-state index in [0.29, 0.717) is 36.9 Å². The number of nitrogens with zero attached hydrogens (tertiary/aromatic N) is 2. The number of hydrogen-bond donors (Lipinski definition) is 1. The Bertz CT molecular complexity index is 1020. The summed E-state index contributed by atoms with van der Waals surface area (Å²) in [5.74, 6) is 1.11. The molecular weight excluding hydrogens is 418 g/mol. The van der Waals surface area contributed by atoms with Crippen molar-refractivity contribution in [3.05, 3.63) is 84.3 Å². The van der Waals surface area contributed by atoms with Crippen LogP contribution in [0.5, 0.6) is 5.75 Å². The van der Waals surface area contributed by atoms with Crippen LogP contribution < -0.4 is 10.1 Å². The van der Waals surface area contributed by atoms with Gasteiger partial charge in [0.2, 0.25) is 5.91 Å². The zero-order valence-electron chi connectivity index (χ0n) is 19.4. The maximum Gasteiger partial charge on any atom is 0.322 e. The highest BCUT2D eigenvalue weighted by Crippen LogP contribution is 2.24. The lowest BCUT2D eigenvalue weighted by Gasteiger charge is -2.30. The fourth-order valence-electron chi connectivity index (χ4n) is 3.40. The van der Waals surface area contributed by atoms with Crippen LogP contribution >= 0.6 is 0 Å². The number of urea groups is 1. The van der Waals surface area contributed by atoms with Gasteiger partial charge in [-0.1, -0.05) is 42.5 Å². The first kappa shape index (κ1) is 23.9. The van der Waals surface area contributed by atoms with Gasteiger partial charge in [-0.2, -0.15) is 0 Å². The quantitative estimate of drug-likeness (QED) is 0.464. The van der Waals surface area contributed by atoms with Crippen LogP contribution in [0.3, 0.4) is 0 Å². The lowest BCUT2D eigenvalue weighted by Crippen LogP contribution is -2.47. The average Bonchev–Trinajstić information content (AvgIpc) is 3.32. The van der Waals surface area contributed by atoms with E-state index in [2.05, 4.69) is 5.32 Å². The van der Waals surface area contributed by atoms with Crippen LogP contribution in [0.1, 0.15) is 32.1 Å². The predicted molar refractivity (Wildman–Crippen MR) is 128 cm³/mol. The molecule has 0 saturated heterocycles. The molecule has 1 aromatic heterocycles. The molecule has 0 fully saturated rings. The van der Waals surface area contributed by atoms with Gasteiger partial charge in [-0.15, -0.1) is 0 Å². The predicted octanol–water partition coefficient (Wildman–Crippen LogP) is 5.15. The van der Waals surface area contributed by atoms with Gasteiger partial charge in [0.25, 0.3) is 0 Å². The van der Waals surface area contributed by atoms with E-state index < -0.39 is 0 Å². The summed E-state index contributed by atoms with van der Waals surface area (Å²) in [5, 5.41) is 2.89. The van der Waals surface area contributed by atoms with Crippen molar-refractivity contribution in [1.82, 2.24) is 9.80 Å². The normalized spacial score (nSPS) is 10.7. The van der Waals surface area contributed by atoms with Gasteiger partial charge in [0.1, 0.15) is 18.1 Å². The Morgan fingerprint density at radius 3 is 2.36 bits per heavy atom. The Morgan fingerprint density at radius 2 is 1.70 bits per heavy atom. The van der Waals surface area contributed by atoms with E-state index in [1.807, 2.05) is 69.3 Å². The molecule has 0 saturated carbocycles. The van der Waals surface area contributed by atoms with E-state index in [1.165, 1.54) is 4.90 Å². The Morgan fingerprint density at radius 1 is 0.970 bits per heavy atom. The molecule has 0 radical (unpaired) electrons. The number of amides is 3. The van der Waals surface area contributed by atoms with Crippen molar-refractivity contribution in [2.45, 2.75) is 39.9 Å². The highest BCUT2D eigenvalue weighted by Gasteiger charge is 2.25. The van der Waals surface area contributed by atoms with Gasteiger partial charge >= 0.3 is 6.03 Å². The smallest absolute Gasteiger partial charge is 0.322 e. The van der Waals surface area contributed by atoms with E-state index in [9.17, 15) is 9.59 Å². The van der Waals surface area contributed by atoms with Gasteiger partial charge < -0.3 is 24.3 Å².